The van der Waals surface area contributed by atoms with Crippen LogP contribution in [-0.4, -0.2) is 67.5 Å². The lowest BCUT2D eigenvalue weighted by molar-refractivity contribution is 0.324. The molecule has 0 aromatic heterocycles. The molecule has 14 heteroatoms. The third-order valence-electron chi connectivity index (χ3n) is 3.77. The van der Waals surface area contributed by atoms with Crippen molar-refractivity contribution in [3.63, 3.8) is 0 Å². The van der Waals surface area contributed by atoms with E-state index in [1.165, 1.54) is 0 Å². The lowest BCUT2D eigenvalue weighted by Crippen LogP contribution is -2.56. The third-order valence-corrected chi connectivity index (χ3v) is 30.1. The summed E-state index contributed by atoms with van der Waals surface area (Å²) in [5, 5.41) is 0. The quantitative estimate of drug-likeness (QED) is 0.189. The zero-order valence-electron chi connectivity index (χ0n) is 27.2. The molecule has 6 nitrogen and oxygen atoms in total. The van der Waals surface area contributed by atoms with Gasteiger partial charge in [0.15, 0.2) is 33.3 Å². The molecule has 0 radical (unpaired) electrons. The summed E-state index contributed by atoms with van der Waals surface area (Å²) < 4.78 is 37.7. The Morgan fingerprint density at radius 2 is 0.543 bits per heavy atom. The van der Waals surface area contributed by atoms with Gasteiger partial charge in [0.2, 0.25) is 0 Å². The fourth-order valence-electron chi connectivity index (χ4n) is 4.20. The van der Waals surface area contributed by atoms with E-state index in [0.717, 1.165) is 6.04 Å². The van der Waals surface area contributed by atoms with Crippen LogP contribution in [0, 0.1) is 0 Å². The molecule has 35 heavy (non-hydrogen) atoms. The molecular weight excluding hydrogens is 573 g/mol. The van der Waals surface area contributed by atoms with Crippen LogP contribution in [0.2, 0.25) is 130 Å². The second kappa shape index (κ2) is 13.2. The third kappa shape index (κ3) is 24.3. The zero-order valence-corrected chi connectivity index (χ0v) is 35.2. The molecule has 1 unspecified atom stereocenters. The highest BCUT2D eigenvalue weighted by molar-refractivity contribution is 6.90. The summed E-state index contributed by atoms with van der Waals surface area (Å²) in [5.74, 6) is 0. The van der Waals surface area contributed by atoms with E-state index >= 15 is 0 Å². The monoisotopic (exact) mass is 634 g/mol. The van der Waals surface area contributed by atoms with Gasteiger partial charge in [-0.1, -0.05) is 6.92 Å². The van der Waals surface area contributed by atoms with Crippen LogP contribution in [0.3, 0.4) is 0 Å². The van der Waals surface area contributed by atoms with Crippen LogP contribution in [0.1, 0.15) is 6.92 Å². The number of hydrogen-bond acceptors (Lipinski definition) is 6. The molecule has 0 N–H and O–H groups in total. The molecule has 0 fully saturated rings. The molecule has 214 valence electrons. The first-order valence-electron chi connectivity index (χ1n) is 13.0. The second-order valence-corrected chi connectivity index (χ2v) is 47.9. The van der Waals surface area contributed by atoms with E-state index in [2.05, 4.69) is 131 Å². The van der Waals surface area contributed by atoms with Gasteiger partial charge in [0.25, 0.3) is 0 Å². The van der Waals surface area contributed by atoms with Crippen LogP contribution in [0.5, 0.6) is 0 Å². The topological polar surface area (TPSA) is 55.4 Å². The van der Waals surface area contributed by atoms with Gasteiger partial charge >= 0.3 is 34.2 Å². The summed E-state index contributed by atoms with van der Waals surface area (Å²) in [7, 11) is -14.4. The number of rotatable bonds is 13. The Labute approximate surface area is 228 Å². The Morgan fingerprint density at radius 1 is 0.314 bits per heavy atom. The molecule has 0 aliphatic carbocycles. The molecule has 1 atom stereocenters. The normalized spacial score (nSPS) is 16.5. The zero-order chi connectivity index (χ0) is 28.9. The van der Waals surface area contributed by atoms with Crippen LogP contribution in [-0.2, 0) is 24.7 Å². The van der Waals surface area contributed by atoms with Gasteiger partial charge < -0.3 is 24.7 Å². The Balaban J connectivity index is 0. The van der Waals surface area contributed by atoms with Crippen molar-refractivity contribution >= 4 is 67.5 Å². The van der Waals surface area contributed by atoms with Gasteiger partial charge in [-0.05, 0) is 130 Å². The summed E-state index contributed by atoms with van der Waals surface area (Å²) in [5.41, 5.74) is 0. The maximum Gasteiger partial charge on any atom is 0.315 e. The second-order valence-electron chi connectivity index (χ2n) is 14.7. The molecule has 0 aliphatic rings. The molecule has 0 heterocycles. The molecule has 0 amide bonds. The van der Waals surface area contributed by atoms with Gasteiger partial charge in [-0.25, -0.2) is 0 Å². The van der Waals surface area contributed by atoms with Crippen LogP contribution >= 0.6 is 0 Å². The molecule has 0 saturated carbocycles. The van der Waals surface area contributed by atoms with E-state index in [-0.39, 0.29) is 0 Å². The fraction of sp³-hybridized carbons (Fsp3) is 1.00. The Bertz CT molecular complexity index is 608. The highest BCUT2D eigenvalue weighted by Crippen LogP contribution is 2.26. The van der Waals surface area contributed by atoms with Gasteiger partial charge in [-0.15, -0.1) is 0 Å². The first-order chi connectivity index (χ1) is 14.8. The largest absolute Gasteiger partial charge is 0.437 e. The average molecular weight is 635 g/mol. The molecule has 0 bridgehead atoms. The van der Waals surface area contributed by atoms with Crippen molar-refractivity contribution in [2.75, 3.05) is 0 Å². The van der Waals surface area contributed by atoms with Gasteiger partial charge in [-0.3, -0.25) is 0 Å². The summed E-state index contributed by atoms with van der Waals surface area (Å²) in [6.07, 6.45) is 0. The first kappa shape index (κ1) is 38.6. The molecule has 0 saturated heterocycles. The average Bonchev–Trinajstić information content (AvgIpc) is 2.34. The highest BCUT2D eigenvalue weighted by Gasteiger charge is 2.43. The predicted octanol–water partition coefficient (Wildman–Crippen LogP) is 8.61. The highest BCUT2D eigenvalue weighted by atomic mass is 28.5. The Hall–Kier alpha value is 1.50. The minimum absolute atomic E-state index is 0.989. The smallest absolute Gasteiger partial charge is 0.315 e. The van der Waals surface area contributed by atoms with Crippen molar-refractivity contribution in [2.24, 2.45) is 0 Å². The van der Waals surface area contributed by atoms with Crippen molar-refractivity contribution in [3.8, 4) is 0 Å². The fourth-order valence-corrected chi connectivity index (χ4v) is 39.3. The van der Waals surface area contributed by atoms with E-state index < -0.39 is 67.5 Å². The Morgan fingerprint density at radius 3 is 0.743 bits per heavy atom. The Kier molecular flexibility index (Phi) is 14.6. The summed E-state index contributed by atoms with van der Waals surface area (Å²) in [4.78, 5) is 0. The SMILES string of the molecule is CC[Si](C)(O[Si](C)(C)C)O[Si](C)(C)O[Si](C)(C)C.C[Si](C)(C)O[Si](C)(C)O[Si](C)(C)O[Si](C)(C)C. The maximum absolute atomic E-state index is 6.43. The molecule has 0 spiro atoms. The predicted molar refractivity (Wildman–Crippen MR) is 174 cm³/mol. The molecule has 0 rings (SSSR count). The van der Waals surface area contributed by atoms with Crippen LogP contribution < -0.4 is 0 Å². The maximum atomic E-state index is 6.43. The van der Waals surface area contributed by atoms with Gasteiger partial charge in [-0.2, -0.15) is 0 Å². The lowest BCUT2D eigenvalue weighted by atomic mass is 11.0. The summed E-state index contributed by atoms with van der Waals surface area (Å²) >= 11 is 0. The standard InChI is InChI=1S/C11H32O3Si4.C10H30O3Si4/c1-11-18(10,13-16(5,6)7)14-17(8,9)12-15(2,3)4;1-14(2,3)11-16(7,8)13-17(9,10)12-15(4,5)6/h11H2,1-10H3;1-10H3. The van der Waals surface area contributed by atoms with E-state index in [9.17, 15) is 0 Å². The van der Waals surface area contributed by atoms with Gasteiger partial charge in [0, 0.05) is 0 Å². The van der Waals surface area contributed by atoms with Crippen molar-refractivity contribution < 1.29 is 24.7 Å². The number of hydrogen-bond donors (Lipinski definition) is 0. The van der Waals surface area contributed by atoms with Crippen molar-refractivity contribution in [2.45, 2.75) is 137 Å². The van der Waals surface area contributed by atoms with E-state index in [0.29, 0.717) is 0 Å². The molecule has 0 aromatic rings. The minimum atomic E-state index is -2.07. The van der Waals surface area contributed by atoms with Crippen LogP contribution in [0.4, 0.5) is 0 Å². The summed E-state index contributed by atoms with van der Waals surface area (Å²) in [6, 6.07) is 0.989. The van der Waals surface area contributed by atoms with Crippen molar-refractivity contribution in [3.05, 3.63) is 0 Å². The summed E-state index contributed by atoms with van der Waals surface area (Å²) in [6.45, 7) is 43.8. The van der Waals surface area contributed by atoms with Crippen molar-refractivity contribution in [1.29, 1.82) is 0 Å². The van der Waals surface area contributed by atoms with E-state index in [1.54, 1.807) is 0 Å². The van der Waals surface area contributed by atoms with Crippen LogP contribution in [0.15, 0.2) is 0 Å². The van der Waals surface area contributed by atoms with Crippen LogP contribution in [0.25, 0.3) is 0 Å². The van der Waals surface area contributed by atoms with Crippen molar-refractivity contribution in [1.82, 2.24) is 0 Å². The first-order valence-corrected chi connectivity index (χ1v) is 37.6. The van der Waals surface area contributed by atoms with Gasteiger partial charge in [0.05, 0.1) is 0 Å². The lowest BCUT2D eigenvalue weighted by Gasteiger charge is -2.40. The molecular formula is C21H62O6Si8. The minimum Gasteiger partial charge on any atom is -0.437 e. The molecule has 0 aliphatic heterocycles. The van der Waals surface area contributed by atoms with E-state index in [1.807, 2.05) is 0 Å². The van der Waals surface area contributed by atoms with Gasteiger partial charge in [0.1, 0.15) is 0 Å². The molecule has 0 aromatic carbocycles. The van der Waals surface area contributed by atoms with E-state index in [4.69, 9.17) is 24.7 Å².